The molecule has 0 spiro atoms. The summed E-state index contributed by atoms with van der Waals surface area (Å²) in [6.45, 7) is 0.511. The predicted molar refractivity (Wildman–Crippen MR) is 125 cm³/mol. The van der Waals surface area contributed by atoms with Gasteiger partial charge in [0.15, 0.2) is 0 Å². The van der Waals surface area contributed by atoms with Gasteiger partial charge < -0.3 is 4.57 Å². The summed E-state index contributed by atoms with van der Waals surface area (Å²) in [6.07, 6.45) is -3.01. The number of carbonyl (C=O) groups is 1. The van der Waals surface area contributed by atoms with Crippen molar-refractivity contribution in [1.82, 2.24) is 4.57 Å². The third-order valence-electron chi connectivity index (χ3n) is 5.12. The average molecular weight is 481 g/mol. The first-order valence-corrected chi connectivity index (χ1v) is 10.4. The van der Waals surface area contributed by atoms with Crippen molar-refractivity contribution in [3.05, 3.63) is 101 Å². The Balaban J connectivity index is 1.66. The first kappa shape index (κ1) is 23.1. The van der Waals surface area contributed by atoms with E-state index >= 15 is 0 Å². The van der Waals surface area contributed by atoms with Gasteiger partial charge in [-0.1, -0.05) is 60.1 Å². The van der Waals surface area contributed by atoms with Crippen molar-refractivity contribution in [1.29, 1.82) is 5.26 Å². The molecule has 170 valence electrons. The third kappa shape index (κ3) is 4.80. The lowest BCUT2D eigenvalue weighted by Crippen LogP contribution is -2.14. The number of nitrogens with zero attached hydrogens (tertiary/aromatic N) is 3. The van der Waals surface area contributed by atoms with Crippen LogP contribution in [0.3, 0.4) is 0 Å². The van der Waals surface area contributed by atoms with Crippen molar-refractivity contribution in [3.8, 4) is 6.07 Å². The van der Waals surface area contributed by atoms with Crippen molar-refractivity contribution in [2.75, 3.05) is 5.43 Å². The Labute approximate surface area is 197 Å². The molecule has 0 amide bonds. The van der Waals surface area contributed by atoms with Gasteiger partial charge >= 0.3 is 6.18 Å². The molecule has 0 atom stereocenters. The van der Waals surface area contributed by atoms with Crippen LogP contribution in [0.4, 0.5) is 18.9 Å². The SMILES string of the molecule is N#C/C(=N\Nc1ccc(Cl)c(C(F)(F)F)c1)C(=O)c1cn(Cc2ccccc2)c2ccccc12. The van der Waals surface area contributed by atoms with E-state index < -0.39 is 28.3 Å². The lowest BCUT2D eigenvalue weighted by atomic mass is 10.1. The highest BCUT2D eigenvalue weighted by atomic mass is 35.5. The van der Waals surface area contributed by atoms with Crippen molar-refractivity contribution in [3.63, 3.8) is 0 Å². The van der Waals surface area contributed by atoms with Gasteiger partial charge in [0, 0.05) is 23.6 Å². The van der Waals surface area contributed by atoms with Crippen LogP contribution in [0.2, 0.25) is 5.02 Å². The minimum absolute atomic E-state index is 0.0659. The molecule has 4 rings (SSSR count). The summed E-state index contributed by atoms with van der Waals surface area (Å²) in [6, 6.07) is 21.7. The fraction of sp³-hybridized carbons (Fsp3) is 0.0800. The van der Waals surface area contributed by atoms with Crippen LogP contribution in [0.25, 0.3) is 10.9 Å². The van der Waals surface area contributed by atoms with Gasteiger partial charge in [0.1, 0.15) is 6.07 Å². The number of ketones is 1. The molecular formula is C25H16ClF3N4O. The molecule has 0 unspecified atom stereocenters. The van der Waals surface area contributed by atoms with Crippen LogP contribution in [-0.2, 0) is 12.7 Å². The average Bonchev–Trinajstić information content (AvgIpc) is 3.18. The Kier molecular flexibility index (Phi) is 6.39. The summed E-state index contributed by atoms with van der Waals surface area (Å²) in [5.74, 6) is -0.650. The Hall–Kier alpha value is -4.09. The minimum atomic E-state index is -4.66. The van der Waals surface area contributed by atoms with Crippen LogP contribution >= 0.6 is 11.6 Å². The van der Waals surface area contributed by atoms with E-state index in [1.807, 2.05) is 47.0 Å². The number of halogens is 4. The predicted octanol–water partition coefficient (Wildman–Crippen LogP) is 6.54. The van der Waals surface area contributed by atoms with Crippen molar-refractivity contribution in [2.24, 2.45) is 5.10 Å². The van der Waals surface area contributed by atoms with E-state index in [1.54, 1.807) is 24.4 Å². The summed E-state index contributed by atoms with van der Waals surface area (Å²) < 4.78 is 41.2. The maximum Gasteiger partial charge on any atom is 0.417 e. The number of nitrogens with one attached hydrogen (secondary N) is 1. The standard InChI is InChI=1S/C25H16ClF3N4O/c26-21-11-10-17(12-20(21)25(27,28)29)31-32-22(13-30)24(34)19-15-33(14-16-6-2-1-3-7-16)23-9-5-4-8-18(19)23/h1-12,15,31H,14H2/b32-22+. The van der Waals surface area contributed by atoms with Gasteiger partial charge in [0.25, 0.3) is 0 Å². The molecule has 0 bridgehead atoms. The van der Waals surface area contributed by atoms with Crippen LogP contribution in [0.5, 0.6) is 0 Å². The normalized spacial score (nSPS) is 11.9. The second-order valence-corrected chi connectivity index (χ2v) is 7.79. The molecule has 0 radical (unpaired) electrons. The minimum Gasteiger partial charge on any atom is -0.342 e. The molecule has 0 aliphatic carbocycles. The van der Waals surface area contributed by atoms with E-state index in [0.29, 0.717) is 11.9 Å². The Morgan fingerprint density at radius 2 is 1.76 bits per heavy atom. The zero-order chi connectivity index (χ0) is 24.3. The number of carbonyl (C=O) groups excluding carboxylic acids is 1. The zero-order valence-corrected chi connectivity index (χ0v) is 18.2. The summed E-state index contributed by atoms with van der Waals surface area (Å²) in [4.78, 5) is 13.1. The number of hydrogen-bond acceptors (Lipinski definition) is 4. The topological polar surface area (TPSA) is 70.2 Å². The molecule has 34 heavy (non-hydrogen) atoms. The number of rotatable bonds is 6. The molecule has 4 aromatic rings. The van der Waals surface area contributed by atoms with Crippen LogP contribution < -0.4 is 5.43 Å². The lowest BCUT2D eigenvalue weighted by molar-refractivity contribution is -0.137. The molecule has 3 aromatic carbocycles. The van der Waals surface area contributed by atoms with Gasteiger partial charge in [-0.3, -0.25) is 10.2 Å². The number of para-hydroxylation sites is 1. The van der Waals surface area contributed by atoms with E-state index in [-0.39, 0.29) is 11.3 Å². The number of aromatic nitrogens is 1. The largest absolute Gasteiger partial charge is 0.417 e. The molecule has 1 N–H and O–H groups in total. The molecule has 1 heterocycles. The van der Waals surface area contributed by atoms with Crippen LogP contribution in [0.1, 0.15) is 21.5 Å². The van der Waals surface area contributed by atoms with E-state index in [4.69, 9.17) is 11.6 Å². The lowest BCUT2D eigenvalue weighted by Gasteiger charge is -2.10. The second kappa shape index (κ2) is 9.41. The molecule has 0 fully saturated rings. The number of hydrogen-bond donors (Lipinski definition) is 1. The molecule has 0 aliphatic rings. The first-order chi connectivity index (χ1) is 16.3. The van der Waals surface area contributed by atoms with Gasteiger partial charge in [-0.05, 0) is 29.8 Å². The van der Waals surface area contributed by atoms with Crippen LogP contribution in [-0.4, -0.2) is 16.1 Å². The second-order valence-electron chi connectivity index (χ2n) is 7.38. The molecule has 0 aliphatic heterocycles. The van der Waals surface area contributed by atoms with Gasteiger partial charge in [-0.15, -0.1) is 0 Å². The highest BCUT2D eigenvalue weighted by Crippen LogP contribution is 2.36. The quantitative estimate of drug-likeness (QED) is 0.193. The number of Topliss-reactive ketones (excluding diaryl/α,β-unsaturated/α-hetero) is 1. The Morgan fingerprint density at radius 1 is 1.06 bits per heavy atom. The molecule has 5 nitrogen and oxygen atoms in total. The summed E-state index contributed by atoms with van der Waals surface area (Å²) in [7, 11) is 0. The highest BCUT2D eigenvalue weighted by Gasteiger charge is 2.33. The van der Waals surface area contributed by atoms with E-state index in [2.05, 4.69) is 10.5 Å². The summed E-state index contributed by atoms with van der Waals surface area (Å²) in [5, 5.41) is 13.5. The third-order valence-corrected chi connectivity index (χ3v) is 5.45. The Morgan fingerprint density at radius 3 is 2.47 bits per heavy atom. The van der Waals surface area contributed by atoms with E-state index in [0.717, 1.165) is 23.2 Å². The Bertz CT molecular complexity index is 1440. The van der Waals surface area contributed by atoms with Crippen LogP contribution in [0, 0.1) is 11.3 Å². The van der Waals surface area contributed by atoms with E-state index in [1.165, 1.54) is 6.07 Å². The maximum absolute atomic E-state index is 13.1. The fourth-order valence-electron chi connectivity index (χ4n) is 3.53. The number of benzene rings is 3. The maximum atomic E-state index is 13.1. The van der Waals surface area contributed by atoms with Crippen molar-refractivity contribution >= 4 is 39.7 Å². The van der Waals surface area contributed by atoms with Gasteiger partial charge in [0.2, 0.25) is 11.5 Å². The zero-order valence-electron chi connectivity index (χ0n) is 17.5. The number of nitriles is 1. The number of fused-ring (bicyclic) bond motifs is 1. The molecular weight excluding hydrogens is 465 g/mol. The summed E-state index contributed by atoms with van der Waals surface area (Å²) >= 11 is 5.62. The van der Waals surface area contributed by atoms with Gasteiger partial charge in [-0.25, -0.2) is 0 Å². The smallest absolute Gasteiger partial charge is 0.342 e. The van der Waals surface area contributed by atoms with Gasteiger partial charge in [-0.2, -0.15) is 23.5 Å². The highest BCUT2D eigenvalue weighted by molar-refractivity contribution is 6.53. The monoisotopic (exact) mass is 480 g/mol. The fourth-order valence-corrected chi connectivity index (χ4v) is 3.75. The van der Waals surface area contributed by atoms with Crippen molar-refractivity contribution in [2.45, 2.75) is 12.7 Å². The number of hydrazone groups is 1. The first-order valence-electron chi connectivity index (χ1n) is 10.0. The molecule has 0 saturated heterocycles. The number of alkyl halides is 3. The molecule has 1 aromatic heterocycles. The number of anilines is 1. The summed E-state index contributed by atoms with van der Waals surface area (Å²) in [5.41, 5.74) is 2.84. The molecule has 9 heteroatoms. The van der Waals surface area contributed by atoms with Gasteiger partial charge in [0.05, 0.1) is 21.8 Å². The van der Waals surface area contributed by atoms with Crippen molar-refractivity contribution < 1.29 is 18.0 Å². The van der Waals surface area contributed by atoms with E-state index in [9.17, 15) is 23.2 Å². The molecule has 0 saturated carbocycles. The van der Waals surface area contributed by atoms with Crippen LogP contribution in [0.15, 0.2) is 84.1 Å².